The van der Waals surface area contributed by atoms with Crippen molar-refractivity contribution in [2.24, 2.45) is 0 Å². The largest absolute Gasteiger partial charge is 0.492 e. The first-order valence-corrected chi connectivity index (χ1v) is 14.3. The number of hydrogen-bond acceptors (Lipinski definition) is 5. The Bertz CT molecular complexity index is 1310. The summed E-state index contributed by atoms with van der Waals surface area (Å²) < 4.78 is 34.2. The highest BCUT2D eigenvalue weighted by atomic mass is 35.5. The van der Waals surface area contributed by atoms with Crippen LogP contribution in [0.15, 0.2) is 77.7 Å². The van der Waals surface area contributed by atoms with Crippen LogP contribution in [0.3, 0.4) is 0 Å². The predicted octanol–water partition coefficient (Wildman–Crippen LogP) is 4.85. The molecule has 0 aromatic heterocycles. The molecule has 3 aromatic rings. The van der Waals surface area contributed by atoms with E-state index in [4.69, 9.17) is 16.3 Å². The van der Waals surface area contributed by atoms with Gasteiger partial charge in [0.2, 0.25) is 5.91 Å². The monoisotopic (exact) mass is 541 g/mol. The summed E-state index contributed by atoms with van der Waals surface area (Å²) in [5.41, 5.74) is 2.48. The summed E-state index contributed by atoms with van der Waals surface area (Å²) in [6, 6.07) is 20.7. The zero-order valence-corrected chi connectivity index (χ0v) is 22.5. The normalized spacial score (nSPS) is 13.9. The lowest BCUT2D eigenvalue weighted by Gasteiger charge is -2.26. The van der Waals surface area contributed by atoms with E-state index in [0.29, 0.717) is 29.6 Å². The Labute approximate surface area is 224 Å². The molecule has 1 aliphatic rings. The summed E-state index contributed by atoms with van der Waals surface area (Å²) in [4.78, 5) is 15.6. The smallest absolute Gasteiger partial charge is 0.264 e. The third-order valence-electron chi connectivity index (χ3n) is 6.31. The minimum Gasteiger partial charge on any atom is -0.492 e. The van der Waals surface area contributed by atoms with Gasteiger partial charge in [0, 0.05) is 18.1 Å². The van der Waals surface area contributed by atoms with E-state index >= 15 is 0 Å². The number of ether oxygens (including phenoxy) is 1. The number of anilines is 1. The van der Waals surface area contributed by atoms with Gasteiger partial charge in [0.25, 0.3) is 10.0 Å². The second-order valence-corrected chi connectivity index (χ2v) is 11.2. The molecule has 4 rings (SSSR count). The van der Waals surface area contributed by atoms with Crippen LogP contribution in [0.4, 0.5) is 5.69 Å². The van der Waals surface area contributed by atoms with Gasteiger partial charge < -0.3 is 10.1 Å². The topological polar surface area (TPSA) is 79.0 Å². The maximum absolute atomic E-state index is 13.7. The number of hydrogen-bond donors (Lipinski definition) is 1. The average molecular weight is 542 g/mol. The van der Waals surface area contributed by atoms with Gasteiger partial charge in [-0.15, -0.1) is 0 Å². The number of sulfonamides is 1. The number of halogens is 1. The quantitative estimate of drug-likeness (QED) is 0.375. The maximum atomic E-state index is 13.7. The number of nitrogens with zero attached hydrogens (tertiary/aromatic N) is 2. The van der Waals surface area contributed by atoms with Gasteiger partial charge >= 0.3 is 0 Å². The van der Waals surface area contributed by atoms with Gasteiger partial charge in [-0.1, -0.05) is 48.0 Å². The molecule has 0 unspecified atom stereocenters. The van der Waals surface area contributed by atoms with Crippen LogP contribution in [0.25, 0.3) is 0 Å². The second kappa shape index (κ2) is 12.4. The van der Waals surface area contributed by atoms with Crippen LogP contribution >= 0.6 is 11.6 Å². The molecule has 0 bridgehead atoms. The minimum atomic E-state index is -4.09. The second-order valence-electron chi connectivity index (χ2n) is 8.90. The zero-order valence-electron chi connectivity index (χ0n) is 20.9. The Morgan fingerprint density at radius 1 is 0.973 bits per heavy atom. The highest BCUT2D eigenvalue weighted by Crippen LogP contribution is 2.32. The van der Waals surface area contributed by atoms with Gasteiger partial charge in [-0.2, -0.15) is 0 Å². The molecule has 0 atom stereocenters. The van der Waals surface area contributed by atoms with Crippen LogP contribution in [0.1, 0.15) is 30.9 Å². The molecule has 0 radical (unpaired) electrons. The summed E-state index contributed by atoms with van der Waals surface area (Å²) in [6.45, 7) is 5.08. The van der Waals surface area contributed by atoms with Gasteiger partial charge in [0.1, 0.15) is 12.3 Å². The summed E-state index contributed by atoms with van der Waals surface area (Å²) in [6.07, 6.45) is 2.42. The van der Waals surface area contributed by atoms with Gasteiger partial charge in [0.15, 0.2) is 0 Å². The molecule has 1 aliphatic heterocycles. The van der Waals surface area contributed by atoms with Crippen molar-refractivity contribution >= 4 is 33.2 Å². The van der Waals surface area contributed by atoms with Crippen LogP contribution in [0, 0.1) is 0 Å². The Morgan fingerprint density at radius 2 is 1.62 bits per heavy atom. The average Bonchev–Trinajstić information content (AvgIpc) is 3.41. The molecule has 9 heteroatoms. The summed E-state index contributed by atoms with van der Waals surface area (Å²) >= 11 is 5.98. The molecule has 37 heavy (non-hydrogen) atoms. The van der Waals surface area contributed by atoms with E-state index in [-0.39, 0.29) is 4.90 Å². The molecule has 1 amide bonds. The van der Waals surface area contributed by atoms with Crippen molar-refractivity contribution in [2.75, 3.05) is 30.5 Å². The van der Waals surface area contributed by atoms with Crippen molar-refractivity contribution in [1.29, 1.82) is 0 Å². The first kappa shape index (κ1) is 27.0. The molecule has 7 nitrogen and oxygen atoms in total. The van der Waals surface area contributed by atoms with Crippen LogP contribution < -0.4 is 14.4 Å². The molecule has 196 valence electrons. The Kier molecular flexibility index (Phi) is 9.08. The number of benzene rings is 3. The van der Waals surface area contributed by atoms with Crippen molar-refractivity contribution in [3.8, 4) is 5.75 Å². The van der Waals surface area contributed by atoms with Gasteiger partial charge in [-0.3, -0.25) is 14.0 Å². The highest BCUT2D eigenvalue weighted by Gasteiger charge is 2.29. The fourth-order valence-corrected chi connectivity index (χ4v) is 5.98. The maximum Gasteiger partial charge on any atom is 0.264 e. The molecule has 0 spiro atoms. The number of likely N-dealkylation sites (tertiary alicyclic amines) is 1. The SMILES string of the molecule is CCOc1ccccc1N(CC(=O)NCc1ccccc1CN1CCCC1)S(=O)(=O)c1ccc(Cl)cc1. The number of nitrogens with one attached hydrogen (secondary N) is 1. The van der Waals surface area contributed by atoms with Gasteiger partial charge in [0.05, 0.1) is 17.2 Å². The summed E-state index contributed by atoms with van der Waals surface area (Å²) in [5, 5.41) is 3.34. The van der Waals surface area contributed by atoms with Crippen molar-refractivity contribution < 1.29 is 17.9 Å². The summed E-state index contributed by atoms with van der Waals surface area (Å²) in [7, 11) is -4.09. The van der Waals surface area contributed by atoms with Gasteiger partial charge in [-0.05, 0) is 80.4 Å². The molecular weight excluding hydrogens is 510 g/mol. The summed E-state index contributed by atoms with van der Waals surface area (Å²) in [5.74, 6) is -0.0360. The lowest BCUT2D eigenvalue weighted by atomic mass is 10.1. The zero-order chi connectivity index (χ0) is 26.3. The van der Waals surface area contributed by atoms with Crippen molar-refractivity contribution in [2.45, 2.75) is 37.8 Å². The van der Waals surface area contributed by atoms with Crippen molar-refractivity contribution in [3.05, 3.63) is 88.9 Å². The highest BCUT2D eigenvalue weighted by molar-refractivity contribution is 7.92. The van der Waals surface area contributed by atoms with E-state index in [1.54, 1.807) is 24.3 Å². The molecule has 1 heterocycles. The van der Waals surface area contributed by atoms with Crippen LogP contribution in [0.5, 0.6) is 5.75 Å². The lowest BCUT2D eigenvalue weighted by molar-refractivity contribution is -0.119. The van der Waals surface area contributed by atoms with E-state index < -0.39 is 22.5 Å². The van der Waals surface area contributed by atoms with Crippen molar-refractivity contribution in [1.82, 2.24) is 10.2 Å². The molecule has 0 aliphatic carbocycles. The Morgan fingerprint density at radius 3 is 2.32 bits per heavy atom. The van der Waals surface area contributed by atoms with Crippen molar-refractivity contribution in [3.63, 3.8) is 0 Å². The third-order valence-corrected chi connectivity index (χ3v) is 8.34. The molecule has 1 saturated heterocycles. The van der Waals surface area contributed by atoms with E-state index in [0.717, 1.165) is 35.1 Å². The predicted molar refractivity (Wildman–Crippen MR) is 146 cm³/mol. The molecule has 3 aromatic carbocycles. The van der Waals surface area contributed by atoms with E-state index in [9.17, 15) is 13.2 Å². The van der Waals surface area contributed by atoms with Crippen LogP contribution in [-0.4, -0.2) is 45.5 Å². The first-order chi connectivity index (χ1) is 17.9. The fraction of sp³-hybridized carbons (Fsp3) is 0.321. The number of para-hydroxylation sites is 2. The molecule has 1 fully saturated rings. The lowest BCUT2D eigenvalue weighted by Crippen LogP contribution is -2.41. The molecule has 0 saturated carbocycles. The van der Waals surface area contributed by atoms with E-state index in [2.05, 4.69) is 16.3 Å². The standard InChI is InChI=1S/C28H32ClN3O4S/c1-2-36-27-12-6-5-11-26(27)32(37(34,35)25-15-13-24(29)14-16-25)21-28(33)30-19-22-9-3-4-10-23(22)20-31-17-7-8-18-31/h3-6,9-16H,2,7-8,17-21H2,1H3,(H,30,33). The first-order valence-electron chi connectivity index (χ1n) is 12.4. The number of carbonyl (C=O) groups is 1. The van der Waals surface area contributed by atoms with Crippen LogP contribution in [0.2, 0.25) is 5.02 Å². The Balaban J connectivity index is 1.56. The van der Waals surface area contributed by atoms with Gasteiger partial charge in [-0.25, -0.2) is 8.42 Å². The minimum absolute atomic E-state index is 0.0342. The molecule has 1 N–H and O–H groups in total. The Hall–Kier alpha value is -3.07. The fourth-order valence-electron chi connectivity index (χ4n) is 4.42. The number of rotatable bonds is 11. The van der Waals surface area contributed by atoms with Crippen LogP contribution in [-0.2, 0) is 27.9 Å². The number of amides is 1. The molecular formula is C28H32ClN3O4S. The third kappa shape index (κ3) is 6.83. The van der Waals surface area contributed by atoms with E-state index in [1.165, 1.54) is 37.1 Å². The van der Waals surface area contributed by atoms with E-state index in [1.807, 2.05) is 25.1 Å². The number of carbonyl (C=O) groups excluding carboxylic acids is 1.